The monoisotopic (exact) mass is 112 g/mol. The molecule has 44 valence electrons. The molecular formula is C5H8N2O. The molecule has 8 heavy (non-hydrogen) atoms. The Kier molecular flexibility index (Phi) is 1.28. The number of hydrogen-bond acceptors (Lipinski definition) is 2. The molecule has 0 radical (unpaired) electrons. The standard InChI is InChI=1S/C5H8N2O/c1-6-2-4-3-7-5(4)8/h2,4H,3H2,1H3,(H,7,8). The van der Waals surface area contributed by atoms with Gasteiger partial charge in [-0.25, -0.2) is 0 Å². The van der Waals surface area contributed by atoms with Gasteiger partial charge >= 0.3 is 0 Å². The van der Waals surface area contributed by atoms with Crippen LogP contribution in [0.5, 0.6) is 0 Å². The van der Waals surface area contributed by atoms with E-state index < -0.39 is 0 Å². The number of nitrogens with zero attached hydrogens (tertiary/aromatic N) is 1. The minimum atomic E-state index is 0.0556. The molecule has 1 heterocycles. The zero-order valence-corrected chi connectivity index (χ0v) is 4.72. The molecule has 0 saturated carbocycles. The maximum atomic E-state index is 10.4. The number of amides is 1. The van der Waals surface area contributed by atoms with Crippen molar-refractivity contribution in [2.75, 3.05) is 13.6 Å². The van der Waals surface area contributed by atoms with Crippen molar-refractivity contribution in [2.24, 2.45) is 10.9 Å². The molecule has 0 aromatic heterocycles. The van der Waals surface area contributed by atoms with E-state index in [1.54, 1.807) is 13.3 Å². The van der Waals surface area contributed by atoms with E-state index in [0.717, 1.165) is 6.54 Å². The Balaban J connectivity index is 2.38. The summed E-state index contributed by atoms with van der Waals surface area (Å²) in [5.74, 6) is 0.149. The summed E-state index contributed by atoms with van der Waals surface area (Å²) in [7, 11) is 1.67. The molecule has 0 aromatic carbocycles. The molecule has 3 nitrogen and oxygen atoms in total. The Morgan fingerprint density at radius 1 is 2.00 bits per heavy atom. The second-order valence-electron chi connectivity index (χ2n) is 1.76. The molecule has 3 heteroatoms. The Morgan fingerprint density at radius 2 is 2.75 bits per heavy atom. The van der Waals surface area contributed by atoms with Crippen LogP contribution in [0, 0.1) is 5.92 Å². The first kappa shape index (κ1) is 5.28. The normalized spacial score (nSPS) is 27.6. The van der Waals surface area contributed by atoms with Gasteiger partial charge in [-0.2, -0.15) is 0 Å². The summed E-state index contributed by atoms with van der Waals surface area (Å²) in [6, 6.07) is 0. The first-order valence-corrected chi connectivity index (χ1v) is 2.54. The Morgan fingerprint density at radius 3 is 2.88 bits per heavy atom. The highest BCUT2D eigenvalue weighted by atomic mass is 16.2. The van der Waals surface area contributed by atoms with Gasteiger partial charge in [-0.15, -0.1) is 0 Å². The van der Waals surface area contributed by atoms with Crippen LogP contribution in [0.1, 0.15) is 0 Å². The first-order valence-electron chi connectivity index (χ1n) is 2.54. The molecule has 1 fully saturated rings. The van der Waals surface area contributed by atoms with E-state index in [1.165, 1.54) is 0 Å². The Bertz CT molecular complexity index is 130. The lowest BCUT2D eigenvalue weighted by molar-refractivity contribution is -0.128. The minimum absolute atomic E-state index is 0.0556. The third kappa shape index (κ3) is 0.710. The SMILES string of the molecule is CN=CC1CNC1=O. The maximum Gasteiger partial charge on any atom is 0.230 e. The first-order chi connectivity index (χ1) is 3.84. The quantitative estimate of drug-likeness (QED) is 0.358. The fourth-order valence-electron chi connectivity index (χ4n) is 0.604. The number of carbonyl (C=O) groups excluding carboxylic acids is 1. The number of hydrogen-bond donors (Lipinski definition) is 1. The summed E-state index contributed by atoms with van der Waals surface area (Å²) in [6.45, 7) is 0.760. The Hall–Kier alpha value is -0.860. The van der Waals surface area contributed by atoms with Gasteiger partial charge in [0.1, 0.15) is 0 Å². The van der Waals surface area contributed by atoms with Crippen molar-refractivity contribution in [3.8, 4) is 0 Å². The predicted molar refractivity (Wildman–Crippen MR) is 30.9 cm³/mol. The third-order valence-corrected chi connectivity index (χ3v) is 1.16. The van der Waals surface area contributed by atoms with Crippen LogP contribution in [0.4, 0.5) is 0 Å². The smallest absolute Gasteiger partial charge is 0.230 e. The van der Waals surface area contributed by atoms with Gasteiger partial charge in [-0.1, -0.05) is 0 Å². The largest absolute Gasteiger partial charge is 0.354 e. The van der Waals surface area contributed by atoms with Gasteiger partial charge in [0, 0.05) is 19.8 Å². The molecule has 1 unspecified atom stereocenters. The van der Waals surface area contributed by atoms with Crippen LogP contribution < -0.4 is 5.32 Å². The van der Waals surface area contributed by atoms with E-state index in [9.17, 15) is 4.79 Å². The van der Waals surface area contributed by atoms with Crippen molar-refractivity contribution >= 4 is 12.1 Å². The van der Waals surface area contributed by atoms with Crippen LogP contribution in [0.2, 0.25) is 0 Å². The molecule has 0 aromatic rings. The molecule has 1 amide bonds. The number of nitrogens with one attached hydrogen (secondary N) is 1. The van der Waals surface area contributed by atoms with Gasteiger partial charge in [0.15, 0.2) is 0 Å². The summed E-state index contributed by atoms with van der Waals surface area (Å²) in [5, 5.41) is 2.61. The molecule has 1 aliphatic rings. The molecular weight excluding hydrogens is 104 g/mol. The van der Waals surface area contributed by atoms with E-state index in [2.05, 4.69) is 10.3 Å². The van der Waals surface area contributed by atoms with Gasteiger partial charge in [0.2, 0.25) is 5.91 Å². The van der Waals surface area contributed by atoms with Crippen molar-refractivity contribution in [1.29, 1.82) is 0 Å². The maximum absolute atomic E-state index is 10.4. The van der Waals surface area contributed by atoms with Crippen molar-refractivity contribution in [1.82, 2.24) is 5.32 Å². The molecule has 1 rings (SSSR count). The van der Waals surface area contributed by atoms with Gasteiger partial charge in [-0.3, -0.25) is 9.79 Å². The fraction of sp³-hybridized carbons (Fsp3) is 0.600. The summed E-state index contributed by atoms with van der Waals surface area (Å²) < 4.78 is 0. The molecule has 1 N–H and O–H groups in total. The van der Waals surface area contributed by atoms with Crippen molar-refractivity contribution in [2.45, 2.75) is 0 Å². The summed E-state index contributed by atoms with van der Waals surface area (Å²) in [4.78, 5) is 14.1. The summed E-state index contributed by atoms with van der Waals surface area (Å²) >= 11 is 0. The molecule has 0 bridgehead atoms. The Labute approximate surface area is 47.8 Å². The van der Waals surface area contributed by atoms with Gasteiger partial charge in [-0.05, 0) is 0 Å². The topological polar surface area (TPSA) is 41.5 Å². The van der Waals surface area contributed by atoms with E-state index in [0.29, 0.717) is 0 Å². The summed E-state index contributed by atoms with van der Waals surface area (Å²) in [6.07, 6.45) is 1.67. The highest BCUT2D eigenvalue weighted by Gasteiger charge is 2.24. The van der Waals surface area contributed by atoms with Crippen LogP contribution in [0.3, 0.4) is 0 Å². The minimum Gasteiger partial charge on any atom is -0.354 e. The van der Waals surface area contributed by atoms with Crippen molar-refractivity contribution in [3.63, 3.8) is 0 Å². The van der Waals surface area contributed by atoms with E-state index in [-0.39, 0.29) is 11.8 Å². The average molecular weight is 112 g/mol. The van der Waals surface area contributed by atoms with Crippen LogP contribution in [0.15, 0.2) is 4.99 Å². The van der Waals surface area contributed by atoms with E-state index >= 15 is 0 Å². The van der Waals surface area contributed by atoms with Crippen LogP contribution in [-0.2, 0) is 4.79 Å². The number of aliphatic imine (C=N–C) groups is 1. The lowest BCUT2D eigenvalue weighted by Crippen LogP contribution is -2.49. The van der Waals surface area contributed by atoms with E-state index in [4.69, 9.17) is 0 Å². The number of β-lactam (4-membered cyclic amide) rings is 1. The second-order valence-corrected chi connectivity index (χ2v) is 1.76. The van der Waals surface area contributed by atoms with Crippen LogP contribution in [0.25, 0.3) is 0 Å². The summed E-state index contributed by atoms with van der Waals surface area (Å²) in [5.41, 5.74) is 0. The lowest BCUT2D eigenvalue weighted by Gasteiger charge is -2.21. The molecule has 1 atom stereocenters. The molecule has 0 aliphatic carbocycles. The molecule has 0 spiro atoms. The fourth-order valence-corrected chi connectivity index (χ4v) is 0.604. The van der Waals surface area contributed by atoms with Gasteiger partial charge < -0.3 is 5.32 Å². The molecule has 1 aliphatic heterocycles. The van der Waals surface area contributed by atoms with Crippen molar-refractivity contribution in [3.05, 3.63) is 0 Å². The highest BCUT2D eigenvalue weighted by Crippen LogP contribution is 1.99. The average Bonchev–Trinajstić information content (AvgIpc) is 1.79. The van der Waals surface area contributed by atoms with Gasteiger partial charge in [0.25, 0.3) is 0 Å². The number of carbonyl (C=O) groups is 1. The van der Waals surface area contributed by atoms with Gasteiger partial charge in [0.05, 0.1) is 5.92 Å². The highest BCUT2D eigenvalue weighted by molar-refractivity contribution is 5.98. The molecule has 1 saturated heterocycles. The zero-order chi connectivity index (χ0) is 5.98. The van der Waals surface area contributed by atoms with Crippen LogP contribution in [-0.4, -0.2) is 25.7 Å². The van der Waals surface area contributed by atoms with E-state index in [1.807, 2.05) is 0 Å². The third-order valence-electron chi connectivity index (χ3n) is 1.16. The predicted octanol–water partition coefficient (Wildman–Crippen LogP) is -0.567. The second kappa shape index (κ2) is 1.94. The zero-order valence-electron chi connectivity index (χ0n) is 4.72. The van der Waals surface area contributed by atoms with Crippen molar-refractivity contribution < 1.29 is 4.79 Å². The lowest BCUT2D eigenvalue weighted by atomic mass is 10.0. The number of rotatable bonds is 1. The van der Waals surface area contributed by atoms with Crippen LogP contribution >= 0.6 is 0 Å².